The van der Waals surface area contributed by atoms with Crippen molar-refractivity contribution in [2.24, 2.45) is 11.1 Å². The van der Waals surface area contributed by atoms with Gasteiger partial charge in [0.15, 0.2) is 0 Å². The van der Waals surface area contributed by atoms with E-state index >= 15 is 0 Å². The van der Waals surface area contributed by atoms with Crippen molar-refractivity contribution in [3.63, 3.8) is 0 Å². The lowest BCUT2D eigenvalue weighted by Crippen LogP contribution is -2.37. The van der Waals surface area contributed by atoms with Crippen molar-refractivity contribution >= 4 is 23.2 Å². The molecule has 0 saturated heterocycles. The fraction of sp³-hybridized carbons (Fsp3) is 0.444. The Labute approximate surface area is 138 Å². The molecular weight excluding hydrogens is 298 g/mol. The summed E-state index contributed by atoms with van der Waals surface area (Å²) in [7, 11) is 0. The molecule has 0 heterocycles. The van der Waals surface area contributed by atoms with Gasteiger partial charge in [-0.1, -0.05) is 51.1 Å². The smallest absolute Gasteiger partial charge is 0.124 e. The first-order valence-corrected chi connectivity index (χ1v) is 7.44. The van der Waals surface area contributed by atoms with Gasteiger partial charge in [0.1, 0.15) is 5.75 Å². The summed E-state index contributed by atoms with van der Waals surface area (Å²) < 4.78 is 5.74. The standard InChI is InChI=1S/C18H25NO2.ClH/c1-5-21-14-11-10-12-8-6-7-9-13(12)15(14)16(19)17(20)18(2,3)4;/h6-11,16-17,20H,5,19H2,1-4H3;1H/t16-,17-;/m0./s1. The van der Waals surface area contributed by atoms with Crippen LogP contribution in [0.2, 0.25) is 0 Å². The molecule has 0 unspecified atom stereocenters. The predicted octanol–water partition coefficient (Wildman–Crippen LogP) is 4.07. The van der Waals surface area contributed by atoms with E-state index in [1.54, 1.807) is 0 Å². The zero-order valence-corrected chi connectivity index (χ0v) is 14.5. The van der Waals surface area contributed by atoms with Crippen LogP contribution in [-0.2, 0) is 0 Å². The summed E-state index contributed by atoms with van der Waals surface area (Å²) in [5, 5.41) is 12.7. The molecule has 122 valence electrons. The molecule has 2 rings (SSSR count). The Balaban J connectivity index is 0.00000242. The van der Waals surface area contributed by atoms with Crippen molar-refractivity contribution in [2.75, 3.05) is 6.61 Å². The van der Waals surface area contributed by atoms with Crippen molar-refractivity contribution < 1.29 is 9.84 Å². The molecule has 0 saturated carbocycles. The molecule has 0 radical (unpaired) electrons. The molecule has 3 N–H and O–H groups in total. The van der Waals surface area contributed by atoms with E-state index < -0.39 is 12.1 Å². The fourth-order valence-electron chi connectivity index (χ4n) is 2.60. The highest BCUT2D eigenvalue weighted by atomic mass is 35.5. The first kappa shape index (κ1) is 18.8. The molecule has 0 fully saturated rings. The third-order valence-electron chi connectivity index (χ3n) is 3.79. The van der Waals surface area contributed by atoms with Crippen LogP contribution in [0.3, 0.4) is 0 Å². The minimum atomic E-state index is -0.650. The van der Waals surface area contributed by atoms with Crippen molar-refractivity contribution in [3.05, 3.63) is 42.0 Å². The second-order valence-electron chi connectivity index (χ2n) is 6.47. The number of hydrogen-bond donors (Lipinski definition) is 2. The number of aliphatic hydroxyl groups excluding tert-OH is 1. The van der Waals surface area contributed by atoms with E-state index in [0.29, 0.717) is 6.61 Å². The summed E-state index contributed by atoms with van der Waals surface area (Å²) in [5.74, 6) is 0.756. The van der Waals surface area contributed by atoms with Crippen LogP contribution in [0.15, 0.2) is 36.4 Å². The van der Waals surface area contributed by atoms with Gasteiger partial charge < -0.3 is 15.6 Å². The van der Waals surface area contributed by atoms with Gasteiger partial charge in [0, 0.05) is 5.56 Å². The second-order valence-corrected chi connectivity index (χ2v) is 6.47. The molecule has 0 aliphatic carbocycles. The lowest BCUT2D eigenvalue weighted by molar-refractivity contribution is 0.0397. The lowest BCUT2D eigenvalue weighted by Gasteiger charge is -2.32. The van der Waals surface area contributed by atoms with Crippen LogP contribution in [0.5, 0.6) is 5.75 Å². The van der Waals surface area contributed by atoms with E-state index in [9.17, 15) is 5.11 Å². The summed E-state index contributed by atoms with van der Waals surface area (Å²) in [4.78, 5) is 0. The molecule has 0 bridgehead atoms. The number of benzene rings is 2. The van der Waals surface area contributed by atoms with Gasteiger partial charge in [0.2, 0.25) is 0 Å². The Hall–Kier alpha value is -1.29. The predicted molar refractivity (Wildman–Crippen MR) is 94.8 cm³/mol. The quantitative estimate of drug-likeness (QED) is 0.891. The van der Waals surface area contributed by atoms with E-state index in [1.165, 1.54) is 0 Å². The normalized spacial score (nSPS) is 14.3. The van der Waals surface area contributed by atoms with Crippen LogP contribution in [0.4, 0.5) is 0 Å². The molecular formula is C18H26ClNO2. The van der Waals surface area contributed by atoms with Gasteiger partial charge in [-0.2, -0.15) is 0 Å². The van der Waals surface area contributed by atoms with Crippen molar-refractivity contribution in [2.45, 2.75) is 39.8 Å². The molecule has 0 aromatic heterocycles. The van der Waals surface area contributed by atoms with Crippen molar-refractivity contribution in [3.8, 4) is 5.75 Å². The Morgan fingerprint density at radius 3 is 2.36 bits per heavy atom. The van der Waals surface area contributed by atoms with Crippen LogP contribution in [0.25, 0.3) is 10.8 Å². The first-order chi connectivity index (χ1) is 9.86. The summed E-state index contributed by atoms with van der Waals surface area (Å²) in [5.41, 5.74) is 6.99. The van der Waals surface area contributed by atoms with Crippen LogP contribution < -0.4 is 10.5 Å². The first-order valence-electron chi connectivity index (χ1n) is 7.44. The van der Waals surface area contributed by atoms with Gasteiger partial charge in [0.25, 0.3) is 0 Å². The summed E-state index contributed by atoms with van der Waals surface area (Å²) >= 11 is 0. The van der Waals surface area contributed by atoms with Gasteiger partial charge in [-0.15, -0.1) is 12.4 Å². The van der Waals surface area contributed by atoms with E-state index in [0.717, 1.165) is 22.1 Å². The van der Waals surface area contributed by atoms with Crippen LogP contribution in [0, 0.1) is 5.41 Å². The molecule has 0 aliphatic rings. The minimum absolute atomic E-state index is 0. The van der Waals surface area contributed by atoms with E-state index in [2.05, 4.69) is 0 Å². The minimum Gasteiger partial charge on any atom is -0.494 e. The molecule has 3 nitrogen and oxygen atoms in total. The molecule has 0 aliphatic heterocycles. The second kappa shape index (κ2) is 7.32. The third-order valence-corrected chi connectivity index (χ3v) is 3.79. The van der Waals surface area contributed by atoms with Gasteiger partial charge in [-0.3, -0.25) is 0 Å². The average Bonchev–Trinajstić information content (AvgIpc) is 2.45. The van der Waals surface area contributed by atoms with Gasteiger partial charge in [-0.25, -0.2) is 0 Å². The highest BCUT2D eigenvalue weighted by Gasteiger charge is 2.31. The summed E-state index contributed by atoms with van der Waals surface area (Å²) in [6.45, 7) is 8.49. The van der Waals surface area contributed by atoms with Crippen LogP contribution in [-0.4, -0.2) is 17.8 Å². The molecule has 22 heavy (non-hydrogen) atoms. The Bertz CT molecular complexity index is 622. The zero-order chi connectivity index (χ0) is 15.6. The average molecular weight is 324 g/mol. The Morgan fingerprint density at radius 1 is 1.14 bits per heavy atom. The number of ether oxygens (including phenoxy) is 1. The van der Waals surface area contributed by atoms with Gasteiger partial charge >= 0.3 is 0 Å². The highest BCUT2D eigenvalue weighted by molar-refractivity contribution is 5.88. The Kier molecular flexibility index (Phi) is 6.24. The van der Waals surface area contributed by atoms with Gasteiger partial charge in [0.05, 0.1) is 18.8 Å². The van der Waals surface area contributed by atoms with Crippen LogP contribution in [0.1, 0.15) is 39.3 Å². The van der Waals surface area contributed by atoms with E-state index in [-0.39, 0.29) is 17.8 Å². The molecule has 2 atom stereocenters. The van der Waals surface area contributed by atoms with Crippen molar-refractivity contribution in [1.82, 2.24) is 0 Å². The van der Waals surface area contributed by atoms with Crippen molar-refractivity contribution in [1.29, 1.82) is 0 Å². The summed E-state index contributed by atoms with van der Waals surface area (Å²) in [6.07, 6.45) is -0.650. The van der Waals surface area contributed by atoms with Gasteiger partial charge in [-0.05, 0) is 29.2 Å². The Morgan fingerprint density at radius 2 is 1.77 bits per heavy atom. The van der Waals surface area contributed by atoms with E-state index in [4.69, 9.17) is 10.5 Å². The highest BCUT2D eigenvalue weighted by Crippen LogP contribution is 2.37. The van der Waals surface area contributed by atoms with E-state index in [1.807, 2.05) is 64.1 Å². The zero-order valence-electron chi connectivity index (χ0n) is 13.7. The molecule has 2 aromatic carbocycles. The molecule has 0 amide bonds. The molecule has 2 aromatic rings. The number of fused-ring (bicyclic) bond motifs is 1. The fourth-order valence-corrected chi connectivity index (χ4v) is 2.60. The number of nitrogens with two attached hydrogens (primary N) is 1. The largest absolute Gasteiger partial charge is 0.494 e. The maximum Gasteiger partial charge on any atom is 0.124 e. The topological polar surface area (TPSA) is 55.5 Å². The summed E-state index contributed by atoms with van der Waals surface area (Å²) in [6, 6.07) is 11.5. The number of halogens is 1. The molecule has 4 heteroatoms. The maximum absolute atomic E-state index is 10.6. The monoisotopic (exact) mass is 323 g/mol. The van der Waals surface area contributed by atoms with Crippen LogP contribution >= 0.6 is 12.4 Å². The number of rotatable bonds is 4. The number of aliphatic hydroxyl groups is 1. The molecule has 0 spiro atoms. The lowest BCUT2D eigenvalue weighted by atomic mass is 9.81. The SMILES string of the molecule is CCOc1ccc2ccccc2c1[C@H](N)[C@H](O)C(C)(C)C.Cl. The maximum atomic E-state index is 10.6. The number of hydrogen-bond acceptors (Lipinski definition) is 3. The third kappa shape index (κ3) is 3.72.